The topological polar surface area (TPSA) is 180 Å². The number of nitrogens with zero attached hydrogens (tertiary/aromatic N) is 4. The molecule has 4 rings (SSSR count). The molecule has 1 atom stereocenters. The Hall–Kier alpha value is -4.11. The summed E-state index contributed by atoms with van der Waals surface area (Å²) in [4.78, 5) is 8.99. The van der Waals surface area contributed by atoms with Crippen molar-refractivity contribution in [1.29, 1.82) is 0 Å². The van der Waals surface area contributed by atoms with Crippen molar-refractivity contribution in [3.8, 4) is 6.01 Å². The summed E-state index contributed by atoms with van der Waals surface area (Å²) in [6, 6.07) is 15.7. The molecule has 37 heavy (non-hydrogen) atoms. The molecule has 0 saturated carbocycles. The van der Waals surface area contributed by atoms with Crippen molar-refractivity contribution in [3.05, 3.63) is 65.7 Å². The van der Waals surface area contributed by atoms with Crippen molar-refractivity contribution in [3.63, 3.8) is 0 Å². The lowest BCUT2D eigenvalue weighted by Crippen LogP contribution is -2.20. The van der Waals surface area contributed by atoms with E-state index in [1.807, 2.05) is 43.3 Å². The molecular formula is C22H25N7O6S2. The van der Waals surface area contributed by atoms with Crippen LogP contribution in [0.25, 0.3) is 11.0 Å². The van der Waals surface area contributed by atoms with Gasteiger partial charge in [0.2, 0.25) is 5.65 Å². The van der Waals surface area contributed by atoms with Crippen LogP contribution in [0.1, 0.15) is 24.1 Å². The van der Waals surface area contributed by atoms with Gasteiger partial charge in [-0.2, -0.15) is 26.8 Å². The molecule has 2 aromatic carbocycles. The second-order valence-corrected chi connectivity index (χ2v) is 11.3. The minimum absolute atomic E-state index is 0.137. The van der Waals surface area contributed by atoms with Gasteiger partial charge in [0, 0.05) is 18.3 Å². The average molecular weight is 548 g/mol. The Bertz CT molecular complexity index is 1640. The molecule has 0 aliphatic heterocycles. The van der Waals surface area contributed by atoms with E-state index in [-0.39, 0.29) is 35.3 Å². The van der Waals surface area contributed by atoms with E-state index in [1.54, 1.807) is 18.2 Å². The van der Waals surface area contributed by atoms with Crippen LogP contribution < -0.4 is 24.8 Å². The van der Waals surface area contributed by atoms with Crippen LogP contribution >= 0.6 is 0 Å². The maximum Gasteiger partial charge on any atom is 0.337 e. The third-order valence-electron chi connectivity index (χ3n) is 4.97. The van der Waals surface area contributed by atoms with Gasteiger partial charge in [-0.1, -0.05) is 47.3 Å². The van der Waals surface area contributed by atoms with Crippen LogP contribution in [-0.2, 0) is 26.8 Å². The molecular weight excluding hydrogens is 522 g/mol. The summed E-state index contributed by atoms with van der Waals surface area (Å²) in [6.07, 6.45) is 1.68. The van der Waals surface area contributed by atoms with Gasteiger partial charge in [0.1, 0.15) is 11.2 Å². The van der Waals surface area contributed by atoms with Crippen molar-refractivity contribution in [2.45, 2.75) is 19.5 Å². The van der Waals surface area contributed by atoms with Crippen molar-refractivity contribution in [2.75, 3.05) is 28.9 Å². The normalized spacial score (nSPS) is 12.7. The molecule has 0 aliphatic rings. The largest absolute Gasteiger partial charge is 0.399 e. The minimum atomic E-state index is -4.04. The number of hydrogen-bond acceptors (Lipinski definition) is 12. The van der Waals surface area contributed by atoms with E-state index in [0.717, 1.165) is 23.6 Å². The lowest BCUT2D eigenvalue weighted by atomic mass is 10.1. The van der Waals surface area contributed by atoms with Crippen molar-refractivity contribution in [2.24, 2.45) is 0 Å². The number of nitrogen functional groups attached to an aromatic ring is 1. The first-order chi connectivity index (χ1) is 17.4. The van der Waals surface area contributed by atoms with Gasteiger partial charge < -0.3 is 20.6 Å². The molecule has 0 bridgehead atoms. The molecule has 0 fully saturated rings. The number of benzene rings is 2. The number of rotatable bonds is 10. The number of anilines is 3. The Morgan fingerprint density at radius 1 is 0.973 bits per heavy atom. The van der Waals surface area contributed by atoms with Gasteiger partial charge in [-0.05, 0) is 30.2 Å². The Morgan fingerprint density at radius 3 is 2.35 bits per heavy atom. The first kappa shape index (κ1) is 26.0. The van der Waals surface area contributed by atoms with Crippen molar-refractivity contribution >= 4 is 48.6 Å². The zero-order valence-corrected chi connectivity index (χ0v) is 21.7. The van der Waals surface area contributed by atoms with Gasteiger partial charge in [0.15, 0.2) is 5.82 Å². The molecule has 15 heteroatoms. The third-order valence-corrected chi connectivity index (χ3v) is 5.84. The summed E-state index contributed by atoms with van der Waals surface area (Å²) in [7, 11) is -8.04. The second-order valence-electron chi connectivity index (χ2n) is 8.22. The predicted octanol–water partition coefficient (Wildman–Crippen LogP) is 1.92. The highest BCUT2D eigenvalue weighted by Crippen LogP contribution is 2.32. The molecule has 4 aromatic rings. The second kappa shape index (κ2) is 10.1. The molecule has 0 amide bonds. The smallest absolute Gasteiger partial charge is 0.337 e. The zero-order valence-electron chi connectivity index (χ0n) is 20.1. The number of fused-ring (bicyclic) bond motifs is 1. The number of nitrogens with one attached hydrogen (secondary N) is 2. The fourth-order valence-electron chi connectivity index (χ4n) is 3.47. The zero-order chi connectivity index (χ0) is 26.8. The third kappa shape index (κ3) is 6.77. The summed E-state index contributed by atoms with van der Waals surface area (Å²) in [5.41, 5.74) is 8.03. The van der Waals surface area contributed by atoms with E-state index < -0.39 is 26.2 Å². The van der Waals surface area contributed by atoms with Gasteiger partial charge in [-0.3, -0.25) is 4.28 Å². The van der Waals surface area contributed by atoms with E-state index in [9.17, 15) is 16.8 Å². The molecule has 13 nitrogen and oxygen atoms in total. The molecule has 0 spiro atoms. The summed E-state index contributed by atoms with van der Waals surface area (Å²) in [6.45, 7) is 2.14. The lowest BCUT2D eigenvalue weighted by Gasteiger charge is -2.16. The minimum Gasteiger partial charge on any atom is -0.399 e. The first-order valence-electron chi connectivity index (χ1n) is 10.9. The average Bonchev–Trinajstić information content (AvgIpc) is 3.13. The highest BCUT2D eigenvalue weighted by Gasteiger charge is 2.24. The maximum atomic E-state index is 11.9. The summed E-state index contributed by atoms with van der Waals surface area (Å²) >= 11 is 0. The van der Waals surface area contributed by atoms with Gasteiger partial charge >= 0.3 is 26.2 Å². The predicted molar refractivity (Wildman–Crippen MR) is 139 cm³/mol. The molecule has 2 aromatic heterocycles. The van der Waals surface area contributed by atoms with Crippen molar-refractivity contribution in [1.82, 2.24) is 19.9 Å². The Labute approximate surface area is 213 Å². The van der Waals surface area contributed by atoms with E-state index in [2.05, 4.69) is 25.7 Å². The first-order valence-corrected chi connectivity index (χ1v) is 14.5. The monoisotopic (exact) mass is 547 g/mol. The van der Waals surface area contributed by atoms with Crippen LogP contribution in [0.2, 0.25) is 0 Å². The fourth-order valence-corrected chi connectivity index (χ4v) is 4.18. The molecule has 0 radical (unpaired) electrons. The maximum absolute atomic E-state index is 11.9. The summed E-state index contributed by atoms with van der Waals surface area (Å²) in [5, 5.41) is 10.8. The van der Waals surface area contributed by atoms with Gasteiger partial charge in [-0.25, -0.2) is 0 Å². The molecule has 0 unspecified atom stereocenters. The van der Waals surface area contributed by atoms with Crippen LogP contribution in [0.3, 0.4) is 0 Å². The molecule has 2 heterocycles. The van der Waals surface area contributed by atoms with Gasteiger partial charge in [0.25, 0.3) is 0 Å². The number of nitrogens with two attached hydrogens (primary N) is 1. The van der Waals surface area contributed by atoms with Crippen LogP contribution in [0.15, 0.2) is 54.6 Å². The van der Waals surface area contributed by atoms with Crippen molar-refractivity contribution < 1.29 is 25.3 Å². The van der Waals surface area contributed by atoms with E-state index >= 15 is 0 Å². The molecule has 196 valence electrons. The Morgan fingerprint density at radius 2 is 1.70 bits per heavy atom. The van der Waals surface area contributed by atoms with Crippen LogP contribution in [0, 0.1) is 0 Å². The van der Waals surface area contributed by atoms with E-state index in [0.29, 0.717) is 10.5 Å². The van der Waals surface area contributed by atoms with Crippen LogP contribution in [0.4, 0.5) is 17.3 Å². The van der Waals surface area contributed by atoms with E-state index in [4.69, 9.17) is 14.2 Å². The molecule has 0 aliphatic carbocycles. The molecule has 0 saturated heterocycles. The van der Waals surface area contributed by atoms with Gasteiger partial charge in [-0.15, -0.1) is 5.10 Å². The Kier molecular flexibility index (Phi) is 7.09. The SMILES string of the molecule is C[C@H](Nc1nc(OS(C)(=O)=O)nc2c1c(NCc1cccc(N)c1)nn2OS(C)(=O)=O)c1ccccc1. The fraction of sp³-hybridized carbons (Fsp3) is 0.227. The molecule has 4 N–H and O–H groups in total. The Balaban J connectivity index is 1.86. The lowest BCUT2D eigenvalue weighted by molar-refractivity contribution is 0.253. The quantitative estimate of drug-likeness (QED) is 0.194. The number of aromatic nitrogens is 4. The van der Waals surface area contributed by atoms with Crippen LogP contribution in [0.5, 0.6) is 6.01 Å². The number of hydrogen-bond donors (Lipinski definition) is 3. The van der Waals surface area contributed by atoms with Crippen LogP contribution in [-0.4, -0.2) is 49.3 Å². The van der Waals surface area contributed by atoms with E-state index in [1.165, 1.54) is 0 Å². The highest BCUT2D eigenvalue weighted by atomic mass is 32.2. The van der Waals surface area contributed by atoms with Gasteiger partial charge in [0.05, 0.1) is 12.5 Å². The standard InChI is InChI=1S/C22H25N7O6S2/c1-14(16-9-5-4-6-10-16)25-20-18-19(24-13-15-8-7-11-17(23)12-15)28-29(35-37(3,32)33)21(18)27-22(26-20)34-36(2,30)31/h4-12,14H,13,23H2,1-3H3,(H,24,28)(H,25,26,27)/t14-/m0/s1. The highest BCUT2D eigenvalue weighted by molar-refractivity contribution is 7.86. The summed E-state index contributed by atoms with van der Waals surface area (Å²) < 4.78 is 57.4. The summed E-state index contributed by atoms with van der Waals surface area (Å²) in [5.74, 6) is 0.313.